The van der Waals surface area contributed by atoms with E-state index in [9.17, 15) is 9.59 Å². The number of nitrogens with zero attached hydrogens (tertiary/aromatic N) is 1. The van der Waals surface area contributed by atoms with Gasteiger partial charge < -0.3 is 9.52 Å². The minimum absolute atomic E-state index is 0.0246. The minimum atomic E-state index is -0.864. The lowest BCUT2D eigenvalue weighted by molar-refractivity contribution is -0.138. The molecule has 2 aliphatic rings. The van der Waals surface area contributed by atoms with Gasteiger partial charge in [0, 0.05) is 18.8 Å². The molecule has 0 aromatic carbocycles. The number of aliphatic carboxylic acids is 1. The van der Waals surface area contributed by atoms with Gasteiger partial charge in [-0.2, -0.15) is 0 Å². The van der Waals surface area contributed by atoms with Gasteiger partial charge in [0.25, 0.3) is 0 Å². The Hall–Kier alpha value is -1.65. The first-order valence-electron chi connectivity index (χ1n) is 5.88. The molecule has 0 radical (unpaired) electrons. The molecule has 0 aliphatic heterocycles. The van der Waals surface area contributed by atoms with Crippen LogP contribution in [-0.2, 0) is 11.2 Å². The number of fused-ring (bicyclic) bond motifs is 1. The van der Waals surface area contributed by atoms with Gasteiger partial charge in [0.1, 0.15) is 0 Å². The van der Waals surface area contributed by atoms with Crippen molar-refractivity contribution < 1.29 is 19.1 Å². The first-order chi connectivity index (χ1) is 8.13. The average Bonchev–Trinajstić information content (AvgIpc) is 2.98. The summed E-state index contributed by atoms with van der Waals surface area (Å²) in [5.41, 5.74) is 0.661. The Morgan fingerprint density at radius 2 is 2.18 bits per heavy atom. The Bertz CT molecular complexity index is 487. The summed E-state index contributed by atoms with van der Waals surface area (Å²) in [4.78, 5) is 26.8. The van der Waals surface area contributed by atoms with E-state index < -0.39 is 5.97 Å². The second-order valence-corrected chi connectivity index (χ2v) is 4.90. The van der Waals surface area contributed by atoms with Gasteiger partial charge in [-0.1, -0.05) is 0 Å². The van der Waals surface area contributed by atoms with E-state index in [0.717, 1.165) is 12.8 Å². The van der Waals surface area contributed by atoms with Crippen molar-refractivity contribution in [3.05, 3.63) is 17.3 Å². The van der Waals surface area contributed by atoms with Gasteiger partial charge in [-0.05, 0) is 25.2 Å². The first kappa shape index (κ1) is 10.5. The smallest absolute Gasteiger partial charge is 0.303 e. The monoisotopic (exact) mass is 235 g/mol. The minimum Gasteiger partial charge on any atom is -0.481 e. The molecule has 1 atom stereocenters. The Morgan fingerprint density at radius 1 is 1.41 bits per heavy atom. The van der Waals surface area contributed by atoms with Crippen molar-refractivity contribution in [3.63, 3.8) is 0 Å². The lowest BCUT2D eigenvalue weighted by Crippen LogP contribution is -2.21. The van der Waals surface area contributed by atoms with Crippen LogP contribution in [0.1, 0.15) is 53.7 Å². The number of hydrogen-bond acceptors (Lipinski definition) is 4. The predicted octanol–water partition coefficient (Wildman–Crippen LogP) is 1.77. The molecule has 1 saturated carbocycles. The van der Waals surface area contributed by atoms with Gasteiger partial charge in [-0.3, -0.25) is 9.59 Å². The number of Topliss-reactive ketones (excluding diaryl/α,β-unsaturated/α-hetero) is 1. The number of carbonyl (C=O) groups is 2. The highest BCUT2D eigenvalue weighted by Gasteiger charge is 2.35. The second kappa shape index (κ2) is 3.68. The standard InChI is InChI=1S/C12H13NO4/c14-9-4-6(5-10(15)16)3-8-11(9)17-12(13-8)7-1-2-7/h6-7H,1-5H2,(H,15,16). The number of ketones is 1. The topological polar surface area (TPSA) is 80.4 Å². The number of carbonyl (C=O) groups excluding carboxylic acids is 1. The zero-order valence-electron chi connectivity index (χ0n) is 9.31. The largest absolute Gasteiger partial charge is 0.481 e. The van der Waals surface area contributed by atoms with Crippen molar-refractivity contribution in [1.29, 1.82) is 0 Å². The van der Waals surface area contributed by atoms with Crippen molar-refractivity contribution in [3.8, 4) is 0 Å². The summed E-state index contributed by atoms with van der Waals surface area (Å²) in [6, 6.07) is 0. The van der Waals surface area contributed by atoms with E-state index in [1.165, 1.54) is 0 Å². The van der Waals surface area contributed by atoms with Gasteiger partial charge in [0.05, 0.1) is 5.69 Å². The number of rotatable bonds is 3. The van der Waals surface area contributed by atoms with Crippen molar-refractivity contribution in [2.45, 2.75) is 38.0 Å². The quantitative estimate of drug-likeness (QED) is 0.863. The lowest BCUT2D eigenvalue weighted by atomic mass is 9.87. The fraction of sp³-hybridized carbons (Fsp3) is 0.583. The van der Waals surface area contributed by atoms with E-state index in [1.54, 1.807) is 0 Å². The summed E-state index contributed by atoms with van der Waals surface area (Å²) < 4.78 is 5.49. The molecule has 0 saturated heterocycles. The third-order valence-electron chi connectivity index (χ3n) is 3.31. The van der Waals surface area contributed by atoms with Crippen LogP contribution in [0, 0.1) is 5.92 Å². The highest BCUT2D eigenvalue weighted by atomic mass is 16.4. The molecule has 1 N–H and O–H groups in total. The van der Waals surface area contributed by atoms with Crippen LogP contribution in [0.3, 0.4) is 0 Å². The Kier molecular flexibility index (Phi) is 2.28. The molecule has 1 aromatic rings. The van der Waals surface area contributed by atoms with E-state index >= 15 is 0 Å². The van der Waals surface area contributed by atoms with Gasteiger partial charge in [-0.25, -0.2) is 4.98 Å². The molecule has 0 bridgehead atoms. The Balaban J connectivity index is 1.84. The molecule has 3 rings (SSSR count). The van der Waals surface area contributed by atoms with E-state index in [2.05, 4.69) is 4.98 Å². The zero-order chi connectivity index (χ0) is 12.0. The Labute approximate surface area is 97.8 Å². The molecular formula is C12H13NO4. The third kappa shape index (κ3) is 1.97. The van der Waals surface area contributed by atoms with Crippen LogP contribution < -0.4 is 0 Å². The maximum absolute atomic E-state index is 11.8. The molecule has 1 heterocycles. The SMILES string of the molecule is O=C(O)CC1CC(=O)c2oc(C3CC3)nc2C1. The van der Waals surface area contributed by atoms with Crippen molar-refractivity contribution in [1.82, 2.24) is 4.98 Å². The van der Waals surface area contributed by atoms with Crippen LogP contribution >= 0.6 is 0 Å². The molecule has 1 unspecified atom stereocenters. The van der Waals surface area contributed by atoms with Crippen molar-refractivity contribution in [2.24, 2.45) is 5.92 Å². The molecule has 1 fully saturated rings. The lowest BCUT2D eigenvalue weighted by Gasteiger charge is -2.16. The number of oxazole rings is 1. The predicted molar refractivity (Wildman–Crippen MR) is 56.9 cm³/mol. The summed E-state index contributed by atoms with van der Waals surface area (Å²) in [5, 5.41) is 8.75. The molecule has 5 nitrogen and oxygen atoms in total. The maximum atomic E-state index is 11.8. The summed E-state index contributed by atoms with van der Waals surface area (Å²) in [5.74, 6) is 0.318. The summed E-state index contributed by atoms with van der Waals surface area (Å²) in [7, 11) is 0. The first-order valence-corrected chi connectivity index (χ1v) is 5.88. The fourth-order valence-electron chi connectivity index (χ4n) is 2.32. The van der Waals surface area contributed by atoms with E-state index in [0.29, 0.717) is 29.7 Å². The summed E-state index contributed by atoms with van der Waals surface area (Å²) >= 11 is 0. The third-order valence-corrected chi connectivity index (χ3v) is 3.31. The normalized spacial score (nSPS) is 23.5. The number of carboxylic acid groups (broad SMARTS) is 1. The van der Waals surface area contributed by atoms with Gasteiger partial charge in [0.15, 0.2) is 17.4 Å². The summed E-state index contributed by atoms with van der Waals surface area (Å²) in [6.45, 7) is 0. The van der Waals surface area contributed by atoms with Crippen molar-refractivity contribution in [2.75, 3.05) is 0 Å². The molecule has 5 heteroatoms. The Morgan fingerprint density at radius 3 is 2.82 bits per heavy atom. The number of aromatic nitrogens is 1. The van der Waals surface area contributed by atoms with Gasteiger partial charge in [-0.15, -0.1) is 0 Å². The van der Waals surface area contributed by atoms with Crippen molar-refractivity contribution >= 4 is 11.8 Å². The van der Waals surface area contributed by atoms with Gasteiger partial charge >= 0.3 is 5.97 Å². The van der Waals surface area contributed by atoms with Crippen LogP contribution in [0.2, 0.25) is 0 Å². The van der Waals surface area contributed by atoms with E-state index in [-0.39, 0.29) is 24.5 Å². The molecular weight excluding hydrogens is 222 g/mol. The number of hydrogen-bond donors (Lipinski definition) is 1. The van der Waals surface area contributed by atoms with Crippen LogP contribution in [0.25, 0.3) is 0 Å². The van der Waals surface area contributed by atoms with Crippen LogP contribution in [-0.4, -0.2) is 21.8 Å². The fourth-order valence-corrected chi connectivity index (χ4v) is 2.32. The van der Waals surface area contributed by atoms with E-state index in [1.807, 2.05) is 0 Å². The van der Waals surface area contributed by atoms with Crippen LogP contribution in [0.5, 0.6) is 0 Å². The van der Waals surface area contributed by atoms with Gasteiger partial charge in [0.2, 0.25) is 0 Å². The summed E-state index contributed by atoms with van der Waals surface area (Å²) in [6.07, 6.45) is 2.98. The highest BCUT2D eigenvalue weighted by molar-refractivity contribution is 5.95. The van der Waals surface area contributed by atoms with E-state index in [4.69, 9.17) is 9.52 Å². The maximum Gasteiger partial charge on any atom is 0.303 e. The van der Waals surface area contributed by atoms with Crippen LogP contribution in [0.15, 0.2) is 4.42 Å². The molecule has 17 heavy (non-hydrogen) atoms. The molecule has 0 amide bonds. The van der Waals surface area contributed by atoms with Crippen LogP contribution in [0.4, 0.5) is 0 Å². The second-order valence-electron chi connectivity index (χ2n) is 4.90. The molecule has 2 aliphatic carbocycles. The number of carboxylic acids is 1. The average molecular weight is 235 g/mol. The highest BCUT2D eigenvalue weighted by Crippen LogP contribution is 2.41. The zero-order valence-corrected chi connectivity index (χ0v) is 9.31. The molecule has 1 aromatic heterocycles. The molecule has 90 valence electrons. The molecule has 0 spiro atoms.